The van der Waals surface area contributed by atoms with Crippen LogP contribution in [0, 0.1) is 12.8 Å². The molecule has 0 bridgehead atoms. The number of amides is 1. The summed E-state index contributed by atoms with van der Waals surface area (Å²) in [7, 11) is 0. The number of nitrogens with one attached hydrogen (secondary N) is 1. The van der Waals surface area contributed by atoms with Crippen LogP contribution in [0.15, 0.2) is 29.6 Å². The molecule has 1 amide bonds. The highest BCUT2D eigenvalue weighted by Gasteiger charge is 2.20. The van der Waals surface area contributed by atoms with Crippen molar-refractivity contribution in [1.82, 2.24) is 14.9 Å². The average molecular weight is 551 g/mol. The maximum atomic E-state index is 13.2. The molecule has 196 valence electrons. The van der Waals surface area contributed by atoms with Crippen molar-refractivity contribution < 1.29 is 9.53 Å². The van der Waals surface area contributed by atoms with Crippen LogP contribution in [0.1, 0.15) is 80.4 Å². The van der Waals surface area contributed by atoms with Gasteiger partial charge >= 0.3 is 0 Å². The van der Waals surface area contributed by atoms with Crippen LogP contribution in [-0.2, 0) is 13.2 Å². The highest BCUT2D eigenvalue weighted by Crippen LogP contribution is 2.29. The molecule has 3 aromatic rings. The summed E-state index contributed by atoms with van der Waals surface area (Å²) in [6.45, 7) is 10.5. The van der Waals surface area contributed by atoms with Gasteiger partial charge < -0.3 is 14.6 Å². The molecule has 0 radical (unpaired) electrons. The third-order valence-corrected chi connectivity index (χ3v) is 7.71. The molecule has 0 fully saturated rings. The van der Waals surface area contributed by atoms with Crippen molar-refractivity contribution in [1.29, 1.82) is 0 Å². The van der Waals surface area contributed by atoms with E-state index in [1.54, 1.807) is 18.2 Å². The summed E-state index contributed by atoms with van der Waals surface area (Å²) in [4.78, 5) is 18.0. The molecular formula is C28H37Cl2N3O2S. The van der Waals surface area contributed by atoms with Crippen molar-refractivity contribution >= 4 is 40.4 Å². The minimum atomic E-state index is -0.00410. The Kier molecular flexibility index (Phi) is 11.1. The molecule has 2 heterocycles. The molecule has 1 unspecified atom stereocenters. The van der Waals surface area contributed by atoms with Gasteiger partial charge in [-0.2, -0.15) is 0 Å². The molecule has 2 aromatic heterocycles. The first-order valence-electron chi connectivity index (χ1n) is 12.9. The van der Waals surface area contributed by atoms with Crippen LogP contribution in [0.25, 0.3) is 11.4 Å². The summed E-state index contributed by atoms with van der Waals surface area (Å²) in [6.07, 6.45) is 6.72. The van der Waals surface area contributed by atoms with Crippen LogP contribution in [0.3, 0.4) is 0 Å². The number of halogens is 2. The van der Waals surface area contributed by atoms with E-state index in [9.17, 15) is 4.79 Å². The van der Waals surface area contributed by atoms with E-state index in [2.05, 4.69) is 30.7 Å². The molecule has 0 aliphatic carbocycles. The smallest absolute Gasteiger partial charge is 0.253 e. The van der Waals surface area contributed by atoms with E-state index in [4.69, 9.17) is 32.9 Å². The van der Waals surface area contributed by atoms with Crippen molar-refractivity contribution in [3.63, 3.8) is 0 Å². The molecule has 8 heteroatoms. The Bertz CT molecular complexity index is 1120. The first-order chi connectivity index (χ1) is 17.4. The first kappa shape index (κ1) is 28.5. The Morgan fingerprint density at radius 1 is 1.11 bits per heavy atom. The summed E-state index contributed by atoms with van der Waals surface area (Å²) in [5, 5.41) is 7.12. The van der Waals surface area contributed by atoms with Crippen molar-refractivity contribution in [2.45, 2.75) is 79.4 Å². The van der Waals surface area contributed by atoms with Crippen LogP contribution in [0.2, 0.25) is 10.0 Å². The number of nitrogens with zero attached hydrogens (tertiary/aromatic N) is 2. The van der Waals surface area contributed by atoms with E-state index < -0.39 is 0 Å². The topological polar surface area (TPSA) is 56.1 Å². The highest BCUT2D eigenvalue weighted by atomic mass is 35.5. The Labute approximate surface area is 229 Å². The number of thiazole rings is 1. The third kappa shape index (κ3) is 7.74. The SMILES string of the molecule is CCCCC(CC)CNC(=O)c1cc(-c2csc(COc3cc(Cl)cc(Cl)c3)n2)n(CCCC)c1C. The van der Waals surface area contributed by atoms with Gasteiger partial charge in [-0.1, -0.05) is 69.7 Å². The second kappa shape index (κ2) is 14.1. The van der Waals surface area contributed by atoms with Gasteiger partial charge in [-0.3, -0.25) is 4.79 Å². The number of carbonyl (C=O) groups excluding carboxylic acids is 1. The number of unbranched alkanes of at least 4 members (excludes halogenated alkanes) is 2. The number of carbonyl (C=O) groups is 1. The summed E-state index contributed by atoms with van der Waals surface area (Å²) >= 11 is 13.7. The number of rotatable bonds is 14. The molecule has 0 spiro atoms. The molecule has 5 nitrogen and oxygen atoms in total. The lowest BCUT2D eigenvalue weighted by atomic mass is 9.99. The molecule has 1 N–H and O–H groups in total. The fourth-order valence-corrected chi connectivity index (χ4v) is 5.42. The molecule has 36 heavy (non-hydrogen) atoms. The largest absolute Gasteiger partial charge is 0.486 e. The van der Waals surface area contributed by atoms with E-state index in [0.29, 0.717) is 28.3 Å². The van der Waals surface area contributed by atoms with Crippen molar-refractivity contribution in [2.24, 2.45) is 5.92 Å². The van der Waals surface area contributed by atoms with E-state index in [1.165, 1.54) is 24.2 Å². The standard InChI is InChI=1S/C28H37Cl2N3O2S/c1-5-8-10-20(7-3)16-31-28(34)24-15-26(33(19(24)4)11-9-6-2)25-18-36-27(32-25)17-35-23-13-21(29)12-22(30)14-23/h12-15,18,20H,5-11,16-17H2,1-4H3,(H,31,34). The zero-order chi connectivity index (χ0) is 26.1. The van der Waals surface area contributed by atoms with Crippen molar-refractivity contribution in [3.8, 4) is 17.1 Å². The van der Waals surface area contributed by atoms with Gasteiger partial charge in [-0.15, -0.1) is 11.3 Å². The number of hydrogen-bond acceptors (Lipinski definition) is 4. The number of benzene rings is 1. The lowest BCUT2D eigenvalue weighted by Gasteiger charge is -2.15. The second-order valence-electron chi connectivity index (χ2n) is 9.18. The maximum Gasteiger partial charge on any atom is 0.253 e. The van der Waals surface area contributed by atoms with Crippen LogP contribution in [0.5, 0.6) is 5.75 Å². The van der Waals surface area contributed by atoms with Crippen LogP contribution < -0.4 is 10.1 Å². The second-order valence-corrected chi connectivity index (χ2v) is 11.0. The molecule has 1 aromatic carbocycles. The monoisotopic (exact) mass is 549 g/mol. The molecule has 0 aliphatic rings. The van der Waals surface area contributed by atoms with Gasteiger partial charge in [-0.05, 0) is 49.9 Å². The Balaban J connectivity index is 1.77. The van der Waals surface area contributed by atoms with Gasteiger partial charge in [0, 0.05) is 34.2 Å². The van der Waals surface area contributed by atoms with Gasteiger partial charge in [0.15, 0.2) is 0 Å². The molecule has 0 saturated heterocycles. The molecule has 3 rings (SSSR count). The van der Waals surface area contributed by atoms with Gasteiger partial charge in [-0.25, -0.2) is 4.98 Å². The van der Waals surface area contributed by atoms with E-state index in [-0.39, 0.29) is 5.91 Å². The number of ether oxygens (including phenoxy) is 1. The van der Waals surface area contributed by atoms with E-state index in [0.717, 1.165) is 66.4 Å². The zero-order valence-corrected chi connectivity index (χ0v) is 24.0. The maximum absolute atomic E-state index is 13.2. The number of aromatic nitrogens is 2. The lowest BCUT2D eigenvalue weighted by molar-refractivity contribution is 0.0945. The fraction of sp³-hybridized carbons (Fsp3) is 0.500. The number of hydrogen-bond donors (Lipinski definition) is 1. The molecular weight excluding hydrogens is 513 g/mol. The minimum Gasteiger partial charge on any atom is -0.486 e. The summed E-state index contributed by atoms with van der Waals surface area (Å²) in [5.41, 5.74) is 3.54. The van der Waals surface area contributed by atoms with E-state index in [1.807, 2.05) is 18.4 Å². The molecule has 0 aliphatic heterocycles. The van der Waals surface area contributed by atoms with Gasteiger partial charge in [0.05, 0.1) is 17.0 Å². The van der Waals surface area contributed by atoms with Crippen LogP contribution >= 0.6 is 34.5 Å². The van der Waals surface area contributed by atoms with Gasteiger partial charge in [0.2, 0.25) is 0 Å². The van der Waals surface area contributed by atoms with Crippen molar-refractivity contribution in [3.05, 3.63) is 56.0 Å². The van der Waals surface area contributed by atoms with Gasteiger partial charge in [0.1, 0.15) is 17.4 Å². The minimum absolute atomic E-state index is 0.00410. The summed E-state index contributed by atoms with van der Waals surface area (Å²) < 4.78 is 8.09. The zero-order valence-electron chi connectivity index (χ0n) is 21.7. The Morgan fingerprint density at radius 3 is 2.50 bits per heavy atom. The first-order valence-corrected chi connectivity index (χ1v) is 14.5. The average Bonchev–Trinajstić information content (AvgIpc) is 3.45. The normalized spacial score (nSPS) is 12.1. The lowest BCUT2D eigenvalue weighted by Crippen LogP contribution is -2.29. The highest BCUT2D eigenvalue weighted by molar-refractivity contribution is 7.09. The fourth-order valence-electron chi connectivity index (χ4n) is 4.22. The third-order valence-electron chi connectivity index (χ3n) is 6.45. The quantitative estimate of drug-likeness (QED) is 0.219. The van der Waals surface area contributed by atoms with Crippen LogP contribution in [-0.4, -0.2) is 22.0 Å². The predicted molar refractivity (Wildman–Crippen MR) is 152 cm³/mol. The Hall–Kier alpha value is -2.02. The van der Waals surface area contributed by atoms with Crippen molar-refractivity contribution in [2.75, 3.05) is 6.54 Å². The Morgan fingerprint density at radius 2 is 1.83 bits per heavy atom. The van der Waals surface area contributed by atoms with E-state index >= 15 is 0 Å². The van der Waals surface area contributed by atoms with Crippen LogP contribution in [0.4, 0.5) is 0 Å². The molecule has 1 atom stereocenters. The summed E-state index contributed by atoms with van der Waals surface area (Å²) in [6, 6.07) is 7.13. The van der Waals surface area contributed by atoms with Gasteiger partial charge in [0.25, 0.3) is 5.91 Å². The summed E-state index contributed by atoms with van der Waals surface area (Å²) in [5.74, 6) is 1.12. The predicted octanol–water partition coefficient (Wildman–Crippen LogP) is 8.55. The molecule has 0 saturated carbocycles.